The van der Waals surface area contributed by atoms with E-state index in [0.29, 0.717) is 0 Å². The molecular formula is C13H16N2S2. The molecule has 1 aromatic carbocycles. The van der Waals surface area contributed by atoms with Gasteiger partial charge in [0.1, 0.15) is 5.00 Å². The van der Waals surface area contributed by atoms with Gasteiger partial charge in [0.2, 0.25) is 0 Å². The molecule has 1 atom stereocenters. The summed E-state index contributed by atoms with van der Waals surface area (Å²) in [6, 6.07) is 8.35. The summed E-state index contributed by atoms with van der Waals surface area (Å²) < 4.78 is 4.45. The van der Waals surface area contributed by atoms with Crippen molar-refractivity contribution in [3.63, 3.8) is 0 Å². The second-order valence-electron chi connectivity index (χ2n) is 4.40. The average molecular weight is 264 g/mol. The number of fused-ring (bicyclic) bond motifs is 1. The molecule has 17 heavy (non-hydrogen) atoms. The summed E-state index contributed by atoms with van der Waals surface area (Å²) in [5.74, 6) is 1.33. The summed E-state index contributed by atoms with van der Waals surface area (Å²) in [6.45, 7) is 1.08. The van der Waals surface area contributed by atoms with Crippen molar-refractivity contribution in [3.05, 3.63) is 24.3 Å². The molecule has 1 aromatic heterocycles. The monoisotopic (exact) mass is 264 g/mol. The highest BCUT2D eigenvalue weighted by Crippen LogP contribution is 2.29. The molecule has 1 unspecified atom stereocenters. The van der Waals surface area contributed by atoms with Crippen LogP contribution in [0.5, 0.6) is 0 Å². The molecular weight excluding hydrogens is 248 g/mol. The van der Waals surface area contributed by atoms with E-state index < -0.39 is 0 Å². The minimum absolute atomic E-state index is 0.782. The van der Waals surface area contributed by atoms with Gasteiger partial charge in [0, 0.05) is 17.2 Å². The van der Waals surface area contributed by atoms with Crippen molar-refractivity contribution in [1.82, 2.24) is 4.37 Å². The summed E-state index contributed by atoms with van der Waals surface area (Å²) in [7, 11) is 0. The Morgan fingerprint density at radius 1 is 1.29 bits per heavy atom. The van der Waals surface area contributed by atoms with Crippen LogP contribution in [0.15, 0.2) is 24.3 Å². The fourth-order valence-corrected chi connectivity index (χ4v) is 4.20. The maximum absolute atomic E-state index is 4.45. The first-order valence-corrected chi connectivity index (χ1v) is 7.95. The standard InChI is InChI=1S/C13H16N2S2/c1-2-7-12-11(6-1)13(17-15-12)14-9-10-5-3-4-8-16-10/h1-2,6-7,10,14H,3-5,8-9H2. The van der Waals surface area contributed by atoms with E-state index in [1.807, 2.05) is 6.07 Å². The van der Waals surface area contributed by atoms with Crippen LogP contribution in [0.3, 0.4) is 0 Å². The van der Waals surface area contributed by atoms with Gasteiger partial charge in [0.05, 0.1) is 5.52 Å². The summed E-state index contributed by atoms with van der Waals surface area (Å²) in [4.78, 5) is 0. The van der Waals surface area contributed by atoms with Crippen LogP contribution in [0.2, 0.25) is 0 Å². The Bertz CT molecular complexity index is 489. The third-order valence-corrected chi connectivity index (χ3v) is 5.38. The summed E-state index contributed by atoms with van der Waals surface area (Å²) in [6.07, 6.45) is 4.14. The first-order chi connectivity index (χ1) is 8.43. The Kier molecular flexibility index (Phi) is 3.52. The lowest BCUT2D eigenvalue weighted by Gasteiger charge is -2.21. The number of rotatable bonds is 3. The number of aromatic nitrogens is 1. The highest BCUT2D eigenvalue weighted by Gasteiger charge is 2.14. The molecule has 2 aromatic rings. The van der Waals surface area contributed by atoms with Crippen molar-refractivity contribution in [2.75, 3.05) is 17.6 Å². The first kappa shape index (κ1) is 11.4. The summed E-state index contributed by atoms with van der Waals surface area (Å²) in [5, 5.41) is 6.85. The minimum Gasteiger partial charge on any atom is -0.374 e. The van der Waals surface area contributed by atoms with E-state index in [1.54, 1.807) is 11.5 Å². The highest BCUT2D eigenvalue weighted by molar-refractivity contribution is 7.99. The smallest absolute Gasteiger partial charge is 0.117 e. The molecule has 90 valence electrons. The van der Waals surface area contributed by atoms with Gasteiger partial charge in [-0.3, -0.25) is 0 Å². The molecule has 1 aliphatic rings. The van der Waals surface area contributed by atoms with Crippen molar-refractivity contribution < 1.29 is 0 Å². The predicted molar refractivity (Wildman–Crippen MR) is 78.2 cm³/mol. The maximum atomic E-state index is 4.45. The van der Waals surface area contributed by atoms with Gasteiger partial charge in [-0.05, 0) is 42.3 Å². The van der Waals surface area contributed by atoms with Gasteiger partial charge in [-0.15, -0.1) is 0 Å². The molecule has 2 nitrogen and oxygen atoms in total. The molecule has 4 heteroatoms. The molecule has 1 aliphatic heterocycles. The zero-order chi connectivity index (χ0) is 11.5. The Morgan fingerprint density at radius 3 is 3.12 bits per heavy atom. The van der Waals surface area contributed by atoms with E-state index in [2.05, 4.69) is 39.7 Å². The Hall–Kier alpha value is -0.740. The molecule has 3 rings (SSSR count). The maximum Gasteiger partial charge on any atom is 0.117 e. The molecule has 1 fully saturated rings. The topological polar surface area (TPSA) is 24.9 Å². The Morgan fingerprint density at radius 2 is 2.24 bits per heavy atom. The summed E-state index contributed by atoms with van der Waals surface area (Å²) in [5.41, 5.74) is 1.11. The van der Waals surface area contributed by atoms with Crippen LogP contribution in [0.25, 0.3) is 10.9 Å². The van der Waals surface area contributed by atoms with Crippen LogP contribution in [-0.2, 0) is 0 Å². The molecule has 0 radical (unpaired) electrons. The number of hydrogen-bond donors (Lipinski definition) is 1. The first-order valence-electron chi connectivity index (χ1n) is 6.13. The molecule has 0 amide bonds. The number of nitrogens with one attached hydrogen (secondary N) is 1. The average Bonchev–Trinajstić information content (AvgIpc) is 2.81. The van der Waals surface area contributed by atoms with Crippen molar-refractivity contribution in [1.29, 1.82) is 0 Å². The van der Waals surface area contributed by atoms with Gasteiger partial charge in [0.15, 0.2) is 0 Å². The number of nitrogens with zero attached hydrogens (tertiary/aromatic N) is 1. The van der Waals surface area contributed by atoms with E-state index in [1.165, 1.54) is 35.4 Å². The number of anilines is 1. The summed E-state index contributed by atoms with van der Waals surface area (Å²) >= 11 is 3.69. The van der Waals surface area contributed by atoms with Crippen molar-refractivity contribution in [3.8, 4) is 0 Å². The molecule has 0 spiro atoms. The van der Waals surface area contributed by atoms with Crippen LogP contribution >= 0.6 is 23.3 Å². The third-order valence-electron chi connectivity index (χ3n) is 3.15. The van der Waals surface area contributed by atoms with Gasteiger partial charge >= 0.3 is 0 Å². The molecule has 1 saturated heterocycles. The van der Waals surface area contributed by atoms with Gasteiger partial charge < -0.3 is 5.32 Å². The van der Waals surface area contributed by atoms with Gasteiger partial charge in [-0.1, -0.05) is 18.6 Å². The predicted octanol–water partition coefficient (Wildman–Crippen LogP) is 3.99. The minimum atomic E-state index is 0.782. The zero-order valence-corrected chi connectivity index (χ0v) is 11.3. The van der Waals surface area contributed by atoms with Crippen molar-refractivity contribution in [2.45, 2.75) is 24.5 Å². The fourth-order valence-electron chi connectivity index (χ4n) is 2.19. The molecule has 0 saturated carbocycles. The molecule has 0 bridgehead atoms. The van der Waals surface area contributed by atoms with E-state index in [9.17, 15) is 0 Å². The quantitative estimate of drug-likeness (QED) is 0.907. The van der Waals surface area contributed by atoms with Crippen LogP contribution in [0.4, 0.5) is 5.00 Å². The highest BCUT2D eigenvalue weighted by atomic mass is 32.2. The van der Waals surface area contributed by atoms with E-state index >= 15 is 0 Å². The lowest BCUT2D eigenvalue weighted by Crippen LogP contribution is -2.19. The van der Waals surface area contributed by atoms with Crippen LogP contribution in [-0.4, -0.2) is 21.9 Å². The Labute approximate surface area is 110 Å². The second kappa shape index (κ2) is 5.27. The lowest BCUT2D eigenvalue weighted by molar-refractivity contribution is 0.678. The van der Waals surface area contributed by atoms with Gasteiger partial charge in [-0.2, -0.15) is 16.1 Å². The van der Waals surface area contributed by atoms with E-state index in [0.717, 1.165) is 17.3 Å². The number of benzene rings is 1. The SMILES string of the molecule is c1ccc2c(NCC3CCCCS3)snc2c1. The van der Waals surface area contributed by atoms with E-state index in [4.69, 9.17) is 0 Å². The fraction of sp³-hybridized carbons (Fsp3) is 0.462. The Balaban J connectivity index is 1.68. The second-order valence-corrected chi connectivity index (χ2v) is 6.58. The molecule has 0 aliphatic carbocycles. The largest absolute Gasteiger partial charge is 0.374 e. The third kappa shape index (κ3) is 2.58. The van der Waals surface area contributed by atoms with Gasteiger partial charge in [-0.25, -0.2) is 0 Å². The van der Waals surface area contributed by atoms with Crippen LogP contribution < -0.4 is 5.32 Å². The lowest BCUT2D eigenvalue weighted by atomic mass is 10.2. The molecule has 2 heterocycles. The number of hydrogen-bond acceptors (Lipinski definition) is 4. The van der Waals surface area contributed by atoms with E-state index in [-0.39, 0.29) is 0 Å². The van der Waals surface area contributed by atoms with Crippen molar-refractivity contribution in [2.24, 2.45) is 0 Å². The molecule has 1 N–H and O–H groups in total. The number of thioether (sulfide) groups is 1. The van der Waals surface area contributed by atoms with Crippen LogP contribution in [0, 0.1) is 0 Å². The zero-order valence-electron chi connectivity index (χ0n) is 9.69. The van der Waals surface area contributed by atoms with Gasteiger partial charge in [0.25, 0.3) is 0 Å². The normalized spacial score (nSPS) is 20.6. The van der Waals surface area contributed by atoms with Crippen LogP contribution in [0.1, 0.15) is 19.3 Å². The van der Waals surface area contributed by atoms with Crippen molar-refractivity contribution >= 4 is 39.2 Å².